The van der Waals surface area contributed by atoms with Gasteiger partial charge >= 0.3 is 0 Å². The summed E-state index contributed by atoms with van der Waals surface area (Å²) in [6.07, 6.45) is 3.84. The van der Waals surface area contributed by atoms with Crippen molar-refractivity contribution in [2.24, 2.45) is 4.99 Å². The van der Waals surface area contributed by atoms with E-state index in [0.29, 0.717) is 4.53 Å². The van der Waals surface area contributed by atoms with Crippen LogP contribution in [0, 0.1) is 0 Å². The molecule has 3 aromatic carbocycles. The Morgan fingerprint density at radius 3 is 2.57 bits per heavy atom. The summed E-state index contributed by atoms with van der Waals surface area (Å²) in [5, 5.41) is 0. The number of rotatable bonds is 3. The summed E-state index contributed by atoms with van der Waals surface area (Å²) in [7, 11) is 4.03. The van der Waals surface area contributed by atoms with Crippen molar-refractivity contribution in [3.8, 4) is 0 Å². The molecular weight excluding hydrogens is 518 g/mol. The number of halogens is 1. The first-order valence-corrected chi connectivity index (χ1v) is 13.3. The van der Waals surface area contributed by atoms with Crippen molar-refractivity contribution in [2.45, 2.75) is 18.9 Å². The summed E-state index contributed by atoms with van der Waals surface area (Å²) in [4.78, 5) is 21.7. The van der Waals surface area contributed by atoms with Crippen LogP contribution in [0.15, 0.2) is 92.6 Å². The van der Waals surface area contributed by atoms with E-state index < -0.39 is 0 Å². The highest BCUT2D eigenvalue weighted by molar-refractivity contribution is 9.10. The largest absolute Gasteiger partial charge is 0.377 e. The molecule has 174 valence electrons. The molecule has 2 heterocycles. The molecule has 4 nitrogen and oxygen atoms in total. The van der Waals surface area contributed by atoms with Gasteiger partial charge in [0.1, 0.15) is 0 Å². The molecule has 0 saturated carbocycles. The lowest BCUT2D eigenvalue weighted by atomic mass is 9.83. The fraction of sp³-hybridized carbons (Fsp3) is 0.172. The van der Waals surface area contributed by atoms with Crippen molar-refractivity contribution in [2.75, 3.05) is 19.0 Å². The maximum Gasteiger partial charge on any atom is 0.271 e. The van der Waals surface area contributed by atoms with Crippen LogP contribution >= 0.6 is 27.3 Å². The number of hydrogen-bond acceptors (Lipinski definition) is 4. The van der Waals surface area contributed by atoms with Crippen molar-refractivity contribution < 1.29 is 0 Å². The highest BCUT2D eigenvalue weighted by Crippen LogP contribution is 2.41. The van der Waals surface area contributed by atoms with E-state index in [2.05, 4.69) is 69.4 Å². The van der Waals surface area contributed by atoms with Crippen LogP contribution in [0.25, 0.3) is 11.8 Å². The Balaban J connectivity index is 1.58. The lowest BCUT2D eigenvalue weighted by Crippen LogP contribution is -2.38. The zero-order chi connectivity index (χ0) is 24.1. The SMILES string of the molecule is CN(C)c1ccc(/C=c2\sc3n(c2=O)[C@H](c2ccccc2)C2=C(N=3)c3ccccc3CC2)cc1Br. The molecule has 1 aliphatic carbocycles. The van der Waals surface area contributed by atoms with Crippen LogP contribution in [0.5, 0.6) is 0 Å². The third kappa shape index (κ3) is 3.81. The number of hydrogen-bond donors (Lipinski definition) is 0. The Morgan fingerprint density at radius 2 is 1.80 bits per heavy atom. The van der Waals surface area contributed by atoms with Crippen LogP contribution in [0.4, 0.5) is 5.69 Å². The van der Waals surface area contributed by atoms with Gasteiger partial charge in [0.2, 0.25) is 0 Å². The second-order valence-electron chi connectivity index (χ2n) is 9.13. The number of fused-ring (bicyclic) bond motifs is 3. The Morgan fingerprint density at radius 1 is 1.03 bits per heavy atom. The van der Waals surface area contributed by atoms with Crippen molar-refractivity contribution in [3.63, 3.8) is 0 Å². The summed E-state index contributed by atoms with van der Waals surface area (Å²) < 4.78 is 3.60. The van der Waals surface area contributed by atoms with E-state index in [-0.39, 0.29) is 11.6 Å². The first-order valence-electron chi connectivity index (χ1n) is 11.7. The number of thiazole rings is 1. The second-order valence-corrected chi connectivity index (χ2v) is 11.0. The van der Waals surface area contributed by atoms with Crippen LogP contribution in [-0.4, -0.2) is 18.7 Å². The summed E-state index contributed by atoms with van der Waals surface area (Å²) in [6.45, 7) is 0. The molecule has 2 aliphatic rings. The van der Waals surface area contributed by atoms with E-state index in [0.717, 1.165) is 44.6 Å². The topological polar surface area (TPSA) is 37.6 Å². The molecule has 0 bridgehead atoms. The van der Waals surface area contributed by atoms with Gasteiger partial charge in [0.05, 0.1) is 22.0 Å². The van der Waals surface area contributed by atoms with Gasteiger partial charge in [0.15, 0.2) is 4.80 Å². The molecule has 0 amide bonds. The minimum absolute atomic E-state index is 0.0146. The molecule has 0 radical (unpaired) electrons. The fourth-order valence-electron chi connectivity index (χ4n) is 5.08. The average Bonchev–Trinajstić information content (AvgIpc) is 3.17. The third-order valence-corrected chi connectivity index (χ3v) is 8.36. The minimum atomic E-state index is -0.138. The van der Waals surface area contributed by atoms with Gasteiger partial charge in [-0.3, -0.25) is 9.36 Å². The first-order chi connectivity index (χ1) is 17.0. The van der Waals surface area contributed by atoms with Crippen LogP contribution < -0.4 is 19.8 Å². The summed E-state index contributed by atoms with van der Waals surface area (Å²) in [6, 6.07) is 24.9. The van der Waals surface area contributed by atoms with Crippen LogP contribution in [0.3, 0.4) is 0 Å². The number of aromatic nitrogens is 1. The van der Waals surface area contributed by atoms with Crippen LogP contribution in [0.1, 0.15) is 34.7 Å². The summed E-state index contributed by atoms with van der Waals surface area (Å²) >= 11 is 5.14. The van der Waals surface area contributed by atoms with Gasteiger partial charge in [-0.15, -0.1) is 0 Å². The molecule has 0 fully saturated rings. The van der Waals surface area contributed by atoms with E-state index in [1.807, 2.05) is 49.0 Å². The molecule has 1 aliphatic heterocycles. The van der Waals surface area contributed by atoms with E-state index in [4.69, 9.17) is 4.99 Å². The number of nitrogens with zero attached hydrogens (tertiary/aromatic N) is 3. The van der Waals surface area contributed by atoms with Crippen molar-refractivity contribution in [1.82, 2.24) is 4.57 Å². The maximum atomic E-state index is 13.8. The monoisotopic (exact) mass is 541 g/mol. The lowest BCUT2D eigenvalue weighted by Gasteiger charge is -2.30. The van der Waals surface area contributed by atoms with Gasteiger partial charge in [-0.05, 0) is 69.2 Å². The number of anilines is 1. The first kappa shape index (κ1) is 22.3. The average molecular weight is 543 g/mol. The zero-order valence-corrected chi connectivity index (χ0v) is 21.9. The standard InChI is InChI=1S/C29H24BrN3OS/c1-32(2)24-15-12-18(16-23(24)30)17-25-28(34)33-27(20-9-4-3-5-10-20)22-14-13-19-8-6-7-11-21(19)26(22)31-29(33)35-25/h3-12,15-17,27H,13-14H2,1-2H3/b25-17-/t27-/m1/s1. The number of allylic oxidation sites excluding steroid dienone is 1. The number of benzene rings is 3. The molecule has 1 aromatic heterocycles. The molecule has 4 aromatic rings. The maximum absolute atomic E-state index is 13.8. The Hall–Kier alpha value is -3.22. The van der Waals surface area contributed by atoms with Gasteiger partial charge < -0.3 is 4.90 Å². The molecule has 35 heavy (non-hydrogen) atoms. The Kier molecular flexibility index (Phi) is 5.58. The van der Waals surface area contributed by atoms with Gasteiger partial charge in [-0.25, -0.2) is 4.99 Å². The normalized spacial score (nSPS) is 16.9. The highest BCUT2D eigenvalue weighted by atomic mass is 79.9. The van der Waals surface area contributed by atoms with Crippen molar-refractivity contribution in [3.05, 3.63) is 125 Å². The highest BCUT2D eigenvalue weighted by Gasteiger charge is 2.32. The van der Waals surface area contributed by atoms with E-state index in [1.54, 1.807) is 0 Å². The Bertz CT molecular complexity index is 1660. The summed E-state index contributed by atoms with van der Waals surface area (Å²) in [5.41, 5.74) is 8.00. The predicted molar refractivity (Wildman–Crippen MR) is 148 cm³/mol. The van der Waals surface area contributed by atoms with Gasteiger partial charge in [-0.1, -0.05) is 72.0 Å². The van der Waals surface area contributed by atoms with E-state index >= 15 is 0 Å². The molecule has 6 heteroatoms. The molecule has 0 N–H and O–H groups in total. The van der Waals surface area contributed by atoms with E-state index in [9.17, 15) is 4.79 Å². The smallest absolute Gasteiger partial charge is 0.271 e. The molecular formula is C29H24BrN3OS. The summed E-state index contributed by atoms with van der Waals surface area (Å²) in [5.74, 6) is 0. The van der Waals surface area contributed by atoms with Gasteiger partial charge in [-0.2, -0.15) is 0 Å². The van der Waals surface area contributed by atoms with Gasteiger partial charge in [0, 0.05) is 24.1 Å². The van der Waals surface area contributed by atoms with Crippen molar-refractivity contribution >= 4 is 44.7 Å². The molecule has 6 rings (SSSR count). The van der Waals surface area contributed by atoms with Gasteiger partial charge in [0.25, 0.3) is 5.56 Å². The van der Waals surface area contributed by atoms with Crippen LogP contribution in [-0.2, 0) is 6.42 Å². The quantitative estimate of drug-likeness (QED) is 0.359. The second kappa shape index (κ2) is 8.77. The zero-order valence-electron chi connectivity index (χ0n) is 19.5. The minimum Gasteiger partial charge on any atom is -0.377 e. The van der Waals surface area contributed by atoms with Crippen molar-refractivity contribution in [1.29, 1.82) is 0 Å². The van der Waals surface area contributed by atoms with Crippen LogP contribution in [0.2, 0.25) is 0 Å². The predicted octanol–water partition coefficient (Wildman–Crippen LogP) is 5.15. The Labute approximate surface area is 216 Å². The third-order valence-electron chi connectivity index (χ3n) is 6.74. The number of aryl methyl sites for hydroxylation is 1. The lowest BCUT2D eigenvalue weighted by molar-refractivity contribution is 0.585. The molecule has 1 atom stereocenters. The van der Waals surface area contributed by atoms with E-state index in [1.165, 1.54) is 28.0 Å². The molecule has 0 spiro atoms. The fourth-order valence-corrected chi connectivity index (χ4v) is 6.84. The molecule has 0 unspecified atom stereocenters. The molecule has 0 saturated heterocycles.